The van der Waals surface area contributed by atoms with E-state index < -0.39 is 5.54 Å². The van der Waals surface area contributed by atoms with Crippen molar-refractivity contribution in [1.29, 1.82) is 0 Å². The molecule has 2 rings (SSSR count). The fraction of sp³-hybridized carbons (Fsp3) is 0.467. The Hall–Kier alpha value is -0.660. The molecule has 0 aliphatic rings. The van der Waals surface area contributed by atoms with Gasteiger partial charge in [0.05, 0.1) is 20.4 Å². The molecule has 1 atom stereocenters. The van der Waals surface area contributed by atoms with E-state index in [1.54, 1.807) is 0 Å². The minimum absolute atomic E-state index is 0. The molecule has 23 heavy (non-hydrogen) atoms. The molecule has 0 saturated heterocycles. The van der Waals surface area contributed by atoms with Crippen molar-refractivity contribution in [3.8, 4) is 9.88 Å². The average molecular weight is 394 g/mol. The Morgan fingerprint density at radius 3 is 2.57 bits per heavy atom. The number of nitrogens with one attached hydrogen (secondary N) is 1. The van der Waals surface area contributed by atoms with Gasteiger partial charge in [0.1, 0.15) is 9.88 Å². The van der Waals surface area contributed by atoms with Gasteiger partial charge in [-0.2, -0.15) is 0 Å². The highest BCUT2D eigenvalue weighted by Crippen LogP contribution is 2.35. The Morgan fingerprint density at radius 2 is 2.09 bits per heavy atom. The van der Waals surface area contributed by atoms with Crippen molar-refractivity contribution in [1.82, 2.24) is 10.3 Å². The van der Waals surface area contributed by atoms with Gasteiger partial charge in [0.25, 0.3) is 5.91 Å². The number of amides is 1. The fourth-order valence-electron chi connectivity index (χ4n) is 1.89. The predicted octanol–water partition coefficient (Wildman–Crippen LogP) is 4.36. The summed E-state index contributed by atoms with van der Waals surface area (Å²) < 4.78 is 0.712. The number of halogens is 2. The second kappa shape index (κ2) is 7.94. The lowest BCUT2D eigenvalue weighted by Gasteiger charge is -2.33. The topological polar surface area (TPSA) is 68.0 Å². The van der Waals surface area contributed by atoms with Crippen LogP contribution in [0.4, 0.5) is 0 Å². The van der Waals surface area contributed by atoms with Crippen LogP contribution in [0.25, 0.3) is 9.88 Å². The lowest BCUT2D eigenvalue weighted by atomic mass is 9.88. The first-order valence-electron chi connectivity index (χ1n) is 7.02. The quantitative estimate of drug-likeness (QED) is 0.792. The second-order valence-electron chi connectivity index (χ2n) is 5.77. The zero-order valence-corrected chi connectivity index (χ0v) is 16.7. The molecule has 0 fully saturated rings. The van der Waals surface area contributed by atoms with Crippen LogP contribution in [-0.4, -0.2) is 23.0 Å². The third kappa shape index (κ3) is 4.45. The van der Waals surface area contributed by atoms with Crippen LogP contribution in [0.1, 0.15) is 36.1 Å². The lowest BCUT2D eigenvalue weighted by molar-refractivity contribution is 0.0886. The maximum Gasteiger partial charge on any atom is 0.263 e. The van der Waals surface area contributed by atoms with Gasteiger partial charge in [-0.25, -0.2) is 4.98 Å². The summed E-state index contributed by atoms with van der Waals surface area (Å²) >= 11 is 8.81. The van der Waals surface area contributed by atoms with Crippen LogP contribution >= 0.6 is 46.7 Å². The van der Waals surface area contributed by atoms with E-state index >= 15 is 0 Å². The van der Waals surface area contributed by atoms with Gasteiger partial charge >= 0.3 is 0 Å². The van der Waals surface area contributed by atoms with Crippen molar-refractivity contribution >= 4 is 52.6 Å². The Kier molecular flexibility index (Phi) is 7.04. The molecule has 2 aromatic rings. The summed E-state index contributed by atoms with van der Waals surface area (Å²) in [6.07, 6.45) is 0. The van der Waals surface area contributed by atoms with Crippen LogP contribution in [0.2, 0.25) is 4.34 Å². The van der Waals surface area contributed by atoms with E-state index in [1.165, 1.54) is 22.7 Å². The third-order valence-electron chi connectivity index (χ3n) is 3.88. The number of carbonyl (C=O) groups excluding carboxylic acids is 1. The zero-order valence-electron chi connectivity index (χ0n) is 13.5. The average Bonchev–Trinajstić information content (AvgIpc) is 3.04. The highest BCUT2D eigenvalue weighted by Gasteiger charge is 2.30. The highest BCUT2D eigenvalue weighted by atomic mass is 35.5. The molecule has 4 nitrogen and oxygen atoms in total. The van der Waals surface area contributed by atoms with Crippen molar-refractivity contribution in [3.05, 3.63) is 27.0 Å². The minimum atomic E-state index is -0.431. The van der Waals surface area contributed by atoms with Crippen LogP contribution in [-0.2, 0) is 0 Å². The van der Waals surface area contributed by atoms with Crippen molar-refractivity contribution in [2.24, 2.45) is 11.7 Å². The first-order valence-corrected chi connectivity index (χ1v) is 9.03. The zero-order chi connectivity index (χ0) is 16.5. The minimum Gasteiger partial charge on any atom is -0.345 e. The fourth-order valence-corrected chi connectivity index (χ4v) is 3.95. The summed E-state index contributed by atoms with van der Waals surface area (Å²) in [6.45, 7) is 8.30. The van der Waals surface area contributed by atoms with Crippen molar-refractivity contribution in [3.63, 3.8) is 0 Å². The summed E-state index contributed by atoms with van der Waals surface area (Å²) in [5.41, 5.74) is 6.13. The van der Waals surface area contributed by atoms with Gasteiger partial charge in [0, 0.05) is 6.54 Å². The van der Waals surface area contributed by atoms with E-state index in [2.05, 4.69) is 10.3 Å². The first-order chi connectivity index (χ1) is 10.3. The molecule has 0 bridgehead atoms. The van der Waals surface area contributed by atoms with Gasteiger partial charge in [-0.15, -0.1) is 35.1 Å². The molecule has 0 aliphatic heterocycles. The van der Waals surface area contributed by atoms with Crippen molar-refractivity contribution < 1.29 is 4.79 Å². The van der Waals surface area contributed by atoms with E-state index in [0.29, 0.717) is 15.8 Å². The molecule has 2 aromatic heterocycles. The molecule has 1 amide bonds. The number of aromatic nitrogens is 1. The third-order valence-corrected chi connectivity index (χ3v) is 6.44. The van der Waals surface area contributed by atoms with Gasteiger partial charge < -0.3 is 11.1 Å². The maximum absolute atomic E-state index is 12.6. The van der Waals surface area contributed by atoms with Crippen LogP contribution in [0.5, 0.6) is 0 Å². The molecule has 3 N–H and O–H groups in total. The molecule has 0 radical (unpaired) electrons. The van der Waals surface area contributed by atoms with E-state index in [0.717, 1.165) is 15.6 Å². The Balaban J connectivity index is 0.00000264. The molecular formula is C15H21Cl2N3OS2. The van der Waals surface area contributed by atoms with E-state index in [9.17, 15) is 4.79 Å². The molecule has 0 aliphatic carbocycles. The van der Waals surface area contributed by atoms with Crippen LogP contribution in [0.15, 0.2) is 12.1 Å². The van der Waals surface area contributed by atoms with Crippen molar-refractivity contribution in [2.45, 2.75) is 33.2 Å². The Morgan fingerprint density at radius 1 is 1.43 bits per heavy atom. The lowest BCUT2D eigenvalue weighted by Crippen LogP contribution is -2.54. The number of rotatable bonds is 5. The molecule has 0 aromatic carbocycles. The predicted molar refractivity (Wildman–Crippen MR) is 102 cm³/mol. The molecule has 8 heteroatoms. The summed E-state index contributed by atoms with van der Waals surface area (Å²) in [7, 11) is 0. The van der Waals surface area contributed by atoms with Gasteiger partial charge in [-0.1, -0.05) is 25.4 Å². The van der Waals surface area contributed by atoms with Crippen LogP contribution in [0, 0.1) is 12.8 Å². The maximum atomic E-state index is 12.6. The number of hydrogen-bond acceptors (Lipinski definition) is 5. The molecular weight excluding hydrogens is 373 g/mol. The molecule has 128 valence electrons. The van der Waals surface area contributed by atoms with Crippen molar-refractivity contribution in [2.75, 3.05) is 6.54 Å². The summed E-state index contributed by atoms with van der Waals surface area (Å²) in [5.74, 6) is 0.121. The molecule has 0 spiro atoms. The number of thiazole rings is 1. The smallest absolute Gasteiger partial charge is 0.263 e. The number of aryl methyl sites for hydroxylation is 1. The van der Waals surface area contributed by atoms with Gasteiger partial charge in [0.15, 0.2) is 0 Å². The van der Waals surface area contributed by atoms with Gasteiger partial charge in [0.2, 0.25) is 0 Å². The second-order valence-corrected chi connectivity index (χ2v) is 8.48. The monoisotopic (exact) mass is 393 g/mol. The molecule has 0 saturated carbocycles. The summed E-state index contributed by atoms with van der Waals surface area (Å²) in [5, 5.41) is 3.87. The van der Waals surface area contributed by atoms with Crippen LogP contribution in [0.3, 0.4) is 0 Å². The number of carbonyl (C=O) groups is 1. The Bertz CT molecular complexity index is 684. The largest absolute Gasteiger partial charge is 0.345 e. The number of nitrogens with zero attached hydrogens (tertiary/aromatic N) is 1. The number of nitrogens with two attached hydrogens (primary N) is 1. The summed E-state index contributed by atoms with van der Waals surface area (Å²) in [6, 6.07) is 3.76. The molecule has 1 unspecified atom stereocenters. The van der Waals surface area contributed by atoms with Crippen LogP contribution < -0.4 is 11.1 Å². The van der Waals surface area contributed by atoms with E-state index in [1.807, 2.05) is 39.8 Å². The Labute approximate surface area is 155 Å². The summed E-state index contributed by atoms with van der Waals surface area (Å²) in [4.78, 5) is 18.7. The van der Waals surface area contributed by atoms with E-state index in [4.69, 9.17) is 17.3 Å². The van der Waals surface area contributed by atoms with E-state index in [-0.39, 0.29) is 24.2 Å². The normalized spacial score (nSPS) is 13.5. The SMILES string of the molecule is Cc1nc(-c2ccc(Cl)s2)sc1C(=O)NC(C)(CN)C(C)C.Cl. The highest BCUT2D eigenvalue weighted by molar-refractivity contribution is 7.24. The first kappa shape index (κ1) is 20.4. The number of thiophene rings is 1. The standard InChI is InChI=1S/C15H20ClN3OS2.ClH/c1-8(2)15(4,7-17)19-13(20)12-9(3)18-14(22-12)10-5-6-11(16)21-10;/h5-6,8H,7,17H2,1-4H3,(H,19,20);1H. The van der Waals surface area contributed by atoms with Gasteiger partial charge in [-0.05, 0) is 31.9 Å². The number of hydrogen-bond donors (Lipinski definition) is 2. The van der Waals surface area contributed by atoms with Gasteiger partial charge in [-0.3, -0.25) is 4.79 Å². The molecule has 2 heterocycles.